The number of benzene rings is 1. The minimum atomic E-state index is -1.15. The lowest BCUT2D eigenvalue weighted by Gasteiger charge is -2.10. The summed E-state index contributed by atoms with van der Waals surface area (Å²) in [6, 6.07) is 1.61. The number of aryl methyl sites for hydroxylation is 1. The van der Waals surface area contributed by atoms with Crippen LogP contribution in [0.5, 0.6) is 0 Å². The highest BCUT2D eigenvalue weighted by molar-refractivity contribution is 5.73. The van der Waals surface area contributed by atoms with Crippen molar-refractivity contribution in [3.8, 4) is 0 Å². The van der Waals surface area contributed by atoms with Crippen LogP contribution in [0.3, 0.4) is 0 Å². The van der Waals surface area contributed by atoms with Crippen LogP contribution in [0.1, 0.15) is 16.7 Å². The first kappa shape index (κ1) is 12.6. The molecule has 88 valence electrons. The quantitative estimate of drug-likeness (QED) is 0.823. The fraction of sp³-hybridized carbons (Fsp3) is 0.364. The summed E-state index contributed by atoms with van der Waals surface area (Å²) in [7, 11) is 0. The van der Waals surface area contributed by atoms with Crippen LogP contribution in [0.15, 0.2) is 12.1 Å². The van der Waals surface area contributed by atoms with Crippen LogP contribution in [0.25, 0.3) is 0 Å². The number of carboxylic acids is 1. The number of hydrogen-bond acceptors (Lipinski definition) is 2. The van der Waals surface area contributed by atoms with Gasteiger partial charge in [0.15, 0.2) is 0 Å². The van der Waals surface area contributed by atoms with Crippen molar-refractivity contribution in [1.29, 1.82) is 0 Å². The summed E-state index contributed by atoms with van der Waals surface area (Å²) in [5, 5.41) is 8.60. The zero-order valence-electron chi connectivity index (χ0n) is 8.84. The zero-order valence-corrected chi connectivity index (χ0v) is 8.84. The lowest BCUT2D eigenvalue weighted by atomic mass is 10.0. The Hall–Kier alpha value is -1.49. The molecule has 1 rings (SSSR count). The van der Waals surface area contributed by atoms with Crippen molar-refractivity contribution >= 4 is 5.97 Å². The van der Waals surface area contributed by atoms with Gasteiger partial charge in [-0.2, -0.15) is 0 Å². The van der Waals surface area contributed by atoms with Crippen molar-refractivity contribution in [1.82, 2.24) is 0 Å². The molecule has 0 heterocycles. The first-order valence-corrected chi connectivity index (χ1v) is 4.78. The van der Waals surface area contributed by atoms with Gasteiger partial charge in [0.2, 0.25) is 0 Å². The number of carboxylic acid groups (broad SMARTS) is 1. The third kappa shape index (κ3) is 2.76. The Kier molecular flexibility index (Phi) is 3.95. The summed E-state index contributed by atoms with van der Waals surface area (Å²) in [6.45, 7) is 0.705. The summed E-state index contributed by atoms with van der Waals surface area (Å²) < 4.78 is 25.7. The van der Waals surface area contributed by atoms with Gasteiger partial charge < -0.3 is 10.8 Å². The van der Waals surface area contributed by atoms with E-state index in [-0.39, 0.29) is 12.0 Å². The predicted octanol–water partition coefficient (Wildman–Crippen LogP) is 1.56. The highest BCUT2D eigenvalue weighted by Crippen LogP contribution is 2.18. The Labute approximate surface area is 91.9 Å². The van der Waals surface area contributed by atoms with Gasteiger partial charge in [0.25, 0.3) is 0 Å². The average molecular weight is 229 g/mol. The molecule has 0 bridgehead atoms. The van der Waals surface area contributed by atoms with Crippen LogP contribution >= 0.6 is 0 Å². The summed E-state index contributed by atoms with van der Waals surface area (Å²) >= 11 is 0. The maximum absolute atomic E-state index is 13.3. The van der Waals surface area contributed by atoms with E-state index in [0.29, 0.717) is 11.1 Å². The van der Waals surface area contributed by atoms with E-state index in [4.69, 9.17) is 10.8 Å². The second-order valence-electron chi connectivity index (χ2n) is 3.66. The van der Waals surface area contributed by atoms with Crippen molar-refractivity contribution < 1.29 is 18.7 Å². The fourth-order valence-electron chi connectivity index (χ4n) is 1.47. The Bertz CT molecular complexity index is 384. The lowest BCUT2D eigenvalue weighted by Crippen LogP contribution is -2.32. The number of rotatable bonds is 4. The molecule has 0 fully saturated rings. The number of carbonyl (C=O) groups is 1. The third-order valence-electron chi connectivity index (χ3n) is 2.38. The number of alkyl halides is 1. The van der Waals surface area contributed by atoms with E-state index >= 15 is 0 Å². The van der Waals surface area contributed by atoms with E-state index in [0.717, 1.165) is 6.07 Å². The third-order valence-corrected chi connectivity index (χ3v) is 2.38. The van der Waals surface area contributed by atoms with Crippen LogP contribution in [-0.2, 0) is 17.9 Å². The summed E-state index contributed by atoms with van der Waals surface area (Å²) in [5.74, 6) is -1.80. The Balaban J connectivity index is 2.96. The molecule has 0 aliphatic carbocycles. The molecule has 0 spiro atoms. The average Bonchev–Trinajstić information content (AvgIpc) is 2.16. The van der Waals surface area contributed by atoms with Gasteiger partial charge in [0.1, 0.15) is 18.5 Å². The largest absolute Gasteiger partial charge is 0.480 e. The van der Waals surface area contributed by atoms with Gasteiger partial charge in [-0.1, -0.05) is 6.07 Å². The first-order valence-electron chi connectivity index (χ1n) is 4.78. The van der Waals surface area contributed by atoms with Crippen LogP contribution in [0.2, 0.25) is 0 Å². The molecule has 5 heteroatoms. The number of halogens is 2. The maximum atomic E-state index is 13.3. The van der Waals surface area contributed by atoms with Gasteiger partial charge in [-0.05, 0) is 30.5 Å². The Morgan fingerprint density at radius 2 is 2.19 bits per heavy atom. The van der Waals surface area contributed by atoms with Gasteiger partial charge in [0, 0.05) is 5.56 Å². The number of hydrogen-bond donors (Lipinski definition) is 2. The molecule has 1 unspecified atom stereocenters. The van der Waals surface area contributed by atoms with Gasteiger partial charge in [0.05, 0.1) is 0 Å². The molecular weight excluding hydrogens is 216 g/mol. The lowest BCUT2D eigenvalue weighted by molar-refractivity contribution is -0.138. The molecule has 0 aromatic heterocycles. The van der Waals surface area contributed by atoms with Crippen molar-refractivity contribution in [2.24, 2.45) is 5.73 Å². The second-order valence-corrected chi connectivity index (χ2v) is 3.66. The fourth-order valence-corrected chi connectivity index (χ4v) is 1.47. The normalized spacial score (nSPS) is 12.5. The van der Waals surface area contributed by atoms with Crippen LogP contribution in [0, 0.1) is 12.7 Å². The van der Waals surface area contributed by atoms with E-state index < -0.39 is 24.5 Å². The van der Waals surface area contributed by atoms with Crippen LogP contribution in [0.4, 0.5) is 8.78 Å². The molecule has 0 saturated carbocycles. The smallest absolute Gasteiger partial charge is 0.320 e. The highest BCUT2D eigenvalue weighted by atomic mass is 19.1. The van der Waals surface area contributed by atoms with Gasteiger partial charge >= 0.3 is 5.97 Å². The summed E-state index contributed by atoms with van der Waals surface area (Å²) in [5.41, 5.74) is 6.26. The monoisotopic (exact) mass is 229 g/mol. The Morgan fingerprint density at radius 1 is 1.56 bits per heavy atom. The molecule has 1 atom stereocenters. The van der Waals surface area contributed by atoms with E-state index in [9.17, 15) is 13.6 Å². The van der Waals surface area contributed by atoms with Crippen molar-refractivity contribution in [2.45, 2.75) is 26.1 Å². The molecule has 3 nitrogen and oxygen atoms in total. The van der Waals surface area contributed by atoms with E-state index in [2.05, 4.69) is 0 Å². The zero-order chi connectivity index (χ0) is 12.3. The van der Waals surface area contributed by atoms with E-state index in [1.54, 1.807) is 13.0 Å². The Morgan fingerprint density at radius 3 is 2.62 bits per heavy atom. The standard InChI is InChI=1S/C11H13F2NO2/c1-6-2-7(4-10(14)11(15)16)3-9(13)8(6)5-12/h2-3,10H,4-5,14H2,1H3,(H,15,16). The molecule has 0 aliphatic heterocycles. The first-order chi connectivity index (χ1) is 7.45. The highest BCUT2D eigenvalue weighted by Gasteiger charge is 2.14. The molecule has 16 heavy (non-hydrogen) atoms. The van der Waals surface area contributed by atoms with Gasteiger partial charge in [-0.15, -0.1) is 0 Å². The molecule has 3 N–H and O–H groups in total. The van der Waals surface area contributed by atoms with Crippen molar-refractivity contribution in [3.05, 3.63) is 34.6 Å². The molecule has 0 amide bonds. The van der Waals surface area contributed by atoms with Crippen molar-refractivity contribution in [3.63, 3.8) is 0 Å². The number of aliphatic carboxylic acids is 1. The minimum Gasteiger partial charge on any atom is -0.480 e. The molecule has 0 radical (unpaired) electrons. The molecule has 1 aromatic carbocycles. The van der Waals surface area contributed by atoms with Crippen LogP contribution in [-0.4, -0.2) is 17.1 Å². The van der Waals surface area contributed by atoms with Gasteiger partial charge in [-0.25, -0.2) is 8.78 Å². The maximum Gasteiger partial charge on any atom is 0.320 e. The topological polar surface area (TPSA) is 63.3 Å². The number of nitrogens with two attached hydrogens (primary N) is 1. The predicted molar refractivity (Wildman–Crippen MR) is 55.3 cm³/mol. The molecule has 0 aliphatic rings. The SMILES string of the molecule is Cc1cc(CC(N)C(=O)O)cc(F)c1CF. The van der Waals surface area contributed by atoms with Crippen LogP contribution < -0.4 is 5.73 Å². The van der Waals surface area contributed by atoms with E-state index in [1.165, 1.54) is 0 Å². The molecule has 1 aromatic rings. The second kappa shape index (κ2) is 5.03. The van der Waals surface area contributed by atoms with E-state index in [1.807, 2.05) is 0 Å². The summed E-state index contributed by atoms with van der Waals surface area (Å²) in [4.78, 5) is 10.5. The summed E-state index contributed by atoms with van der Waals surface area (Å²) in [6.07, 6.45) is 0.0274. The molecule has 0 saturated heterocycles. The minimum absolute atomic E-state index is 0.00708. The van der Waals surface area contributed by atoms with Crippen molar-refractivity contribution in [2.75, 3.05) is 0 Å². The van der Waals surface area contributed by atoms with Gasteiger partial charge in [-0.3, -0.25) is 4.79 Å². The molecular formula is C11H13F2NO2.